The number of allylic oxidation sites excluding steroid dienone is 2. The fraction of sp³-hybridized carbons (Fsp3) is 0.478. The number of ether oxygens (including phenoxy) is 2. The van der Waals surface area contributed by atoms with Crippen LogP contribution in [-0.2, 0) is 4.74 Å². The Morgan fingerprint density at radius 2 is 1.94 bits per heavy atom. The summed E-state index contributed by atoms with van der Waals surface area (Å²) in [6, 6.07) is 5.07. The average molecular weight is 471 g/mol. The first-order chi connectivity index (χ1) is 15.2. The number of benzene rings is 1. The van der Waals surface area contributed by atoms with Gasteiger partial charge in [-0.05, 0) is 56.0 Å². The third-order valence-electron chi connectivity index (χ3n) is 5.96. The Labute approximate surface area is 188 Å². The van der Waals surface area contributed by atoms with Gasteiger partial charge in [0.1, 0.15) is 24.3 Å². The molecule has 1 aliphatic carbocycles. The number of nitrogens with zero attached hydrogens (tertiary/aromatic N) is 1. The zero-order valence-corrected chi connectivity index (χ0v) is 18.7. The second-order valence-electron chi connectivity index (χ2n) is 8.35. The number of rotatable bonds is 4. The van der Waals surface area contributed by atoms with E-state index in [1.165, 1.54) is 6.92 Å². The van der Waals surface area contributed by atoms with Crippen molar-refractivity contribution >= 4 is 11.7 Å². The van der Waals surface area contributed by atoms with E-state index in [0.717, 1.165) is 17.1 Å². The van der Waals surface area contributed by atoms with E-state index in [1.807, 2.05) is 0 Å². The second-order valence-corrected chi connectivity index (χ2v) is 8.35. The SMILES string of the molecule is CCOc1cccc([C@H]2OCC(=N)N(C(=N)C(C)(F)F)C3(C)CC=C(C(F)(F)F)C=C23)c1C. The van der Waals surface area contributed by atoms with E-state index in [-0.39, 0.29) is 12.0 Å². The van der Waals surface area contributed by atoms with Gasteiger partial charge in [0.25, 0.3) is 0 Å². The summed E-state index contributed by atoms with van der Waals surface area (Å²) in [4.78, 5) is 0.796. The molecule has 0 saturated carbocycles. The summed E-state index contributed by atoms with van der Waals surface area (Å²) in [5.74, 6) is -4.69. The van der Waals surface area contributed by atoms with Crippen LogP contribution in [0.2, 0.25) is 0 Å². The standard InChI is InChI=1S/C23H26F5N3O2/c1-5-32-17-8-6-7-15(13(17)2)19-16-11-14(23(26,27)28)9-10-21(16,3)31(18(29)12-33-19)20(30)22(4,24)25/h6-9,11,19,29-30H,5,10,12H2,1-4H3/t19-,21?/m1/s1. The van der Waals surface area contributed by atoms with E-state index in [1.54, 1.807) is 32.0 Å². The lowest BCUT2D eigenvalue weighted by Crippen LogP contribution is -2.58. The fourth-order valence-electron chi connectivity index (χ4n) is 4.26. The van der Waals surface area contributed by atoms with E-state index >= 15 is 0 Å². The molecular formula is C23H26F5N3O2. The van der Waals surface area contributed by atoms with Crippen LogP contribution in [0.5, 0.6) is 5.75 Å². The van der Waals surface area contributed by atoms with Crippen LogP contribution in [0.15, 0.2) is 41.5 Å². The highest BCUT2D eigenvalue weighted by Gasteiger charge is 2.52. The van der Waals surface area contributed by atoms with Crippen LogP contribution in [0.25, 0.3) is 0 Å². The molecule has 1 aromatic carbocycles. The maximum absolute atomic E-state index is 14.2. The molecule has 0 amide bonds. The molecule has 2 N–H and O–H groups in total. The molecule has 1 saturated heterocycles. The van der Waals surface area contributed by atoms with Crippen molar-refractivity contribution in [1.82, 2.24) is 4.90 Å². The summed E-state index contributed by atoms with van der Waals surface area (Å²) >= 11 is 0. The second kappa shape index (κ2) is 8.55. The van der Waals surface area contributed by atoms with Crippen molar-refractivity contribution < 1.29 is 31.4 Å². The van der Waals surface area contributed by atoms with Crippen LogP contribution in [0, 0.1) is 17.7 Å². The molecule has 33 heavy (non-hydrogen) atoms. The first-order valence-corrected chi connectivity index (χ1v) is 10.4. The molecule has 3 rings (SSSR count). The van der Waals surface area contributed by atoms with Gasteiger partial charge in [-0.2, -0.15) is 22.0 Å². The minimum Gasteiger partial charge on any atom is -0.494 e. The number of halogens is 5. The predicted molar refractivity (Wildman–Crippen MR) is 114 cm³/mol. The summed E-state index contributed by atoms with van der Waals surface area (Å²) in [5, 5.41) is 16.4. The van der Waals surface area contributed by atoms with Crippen molar-refractivity contribution in [3.63, 3.8) is 0 Å². The third-order valence-corrected chi connectivity index (χ3v) is 5.96. The zero-order chi connectivity index (χ0) is 24.8. The fourth-order valence-corrected chi connectivity index (χ4v) is 4.26. The Balaban J connectivity index is 2.24. The number of fused-ring (bicyclic) bond motifs is 1. The van der Waals surface area contributed by atoms with Crippen molar-refractivity contribution in [3.05, 3.63) is 52.6 Å². The van der Waals surface area contributed by atoms with Crippen LogP contribution < -0.4 is 4.74 Å². The molecule has 0 spiro atoms. The van der Waals surface area contributed by atoms with E-state index in [9.17, 15) is 22.0 Å². The number of hydrogen-bond acceptors (Lipinski definition) is 4. The molecular weight excluding hydrogens is 445 g/mol. The van der Waals surface area contributed by atoms with Crippen molar-refractivity contribution in [2.75, 3.05) is 13.2 Å². The minimum absolute atomic E-state index is 0.0466. The van der Waals surface area contributed by atoms with Gasteiger partial charge in [0.05, 0.1) is 17.7 Å². The monoisotopic (exact) mass is 471 g/mol. The van der Waals surface area contributed by atoms with E-state index < -0.39 is 47.6 Å². The first kappa shape index (κ1) is 24.9. The first-order valence-electron chi connectivity index (χ1n) is 10.4. The summed E-state index contributed by atoms with van der Waals surface area (Å²) < 4.78 is 80.8. The number of amidine groups is 2. The number of nitrogens with one attached hydrogen (secondary N) is 2. The quantitative estimate of drug-likeness (QED) is 0.324. The molecule has 5 nitrogen and oxygen atoms in total. The van der Waals surface area contributed by atoms with Crippen LogP contribution in [0.1, 0.15) is 44.4 Å². The lowest BCUT2D eigenvalue weighted by atomic mass is 9.76. The van der Waals surface area contributed by atoms with Crippen molar-refractivity contribution in [2.45, 2.75) is 57.9 Å². The lowest BCUT2D eigenvalue weighted by Gasteiger charge is -2.45. The Kier molecular flexibility index (Phi) is 6.45. The van der Waals surface area contributed by atoms with Gasteiger partial charge in [0.2, 0.25) is 0 Å². The Morgan fingerprint density at radius 3 is 2.52 bits per heavy atom. The lowest BCUT2D eigenvalue weighted by molar-refractivity contribution is -0.0891. The molecule has 2 aliphatic rings. The molecule has 0 aromatic heterocycles. The summed E-state index contributed by atoms with van der Waals surface area (Å²) in [6.45, 7) is 5.43. The highest BCUT2D eigenvalue weighted by molar-refractivity contribution is 6.03. The largest absolute Gasteiger partial charge is 0.494 e. The smallest absolute Gasteiger partial charge is 0.416 e. The van der Waals surface area contributed by atoms with Gasteiger partial charge in [-0.15, -0.1) is 0 Å². The van der Waals surface area contributed by atoms with E-state index in [2.05, 4.69) is 0 Å². The van der Waals surface area contributed by atoms with E-state index in [4.69, 9.17) is 20.3 Å². The summed E-state index contributed by atoms with van der Waals surface area (Å²) in [6.07, 6.45) is -4.25. The van der Waals surface area contributed by atoms with Gasteiger partial charge in [-0.1, -0.05) is 18.2 Å². The molecule has 0 radical (unpaired) electrons. The van der Waals surface area contributed by atoms with Crippen LogP contribution in [0.4, 0.5) is 22.0 Å². The molecule has 1 aromatic rings. The van der Waals surface area contributed by atoms with Crippen molar-refractivity contribution in [1.29, 1.82) is 10.8 Å². The summed E-state index contributed by atoms with van der Waals surface area (Å²) in [5.41, 5.74) is -1.29. The molecule has 1 unspecified atom stereocenters. The Morgan fingerprint density at radius 1 is 1.27 bits per heavy atom. The van der Waals surface area contributed by atoms with Gasteiger partial charge >= 0.3 is 12.1 Å². The molecule has 10 heteroatoms. The van der Waals surface area contributed by atoms with Gasteiger partial charge < -0.3 is 14.4 Å². The predicted octanol–water partition coefficient (Wildman–Crippen LogP) is 5.95. The third kappa shape index (κ3) is 4.53. The van der Waals surface area contributed by atoms with Gasteiger partial charge in [0.15, 0.2) is 5.84 Å². The molecule has 1 fully saturated rings. The van der Waals surface area contributed by atoms with Crippen LogP contribution in [0.3, 0.4) is 0 Å². The highest BCUT2D eigenvalue weighted by Crippen LogP contribution is 2.48. The molecule has 0 bridgehead atoms. The summed E-state index contributed by atoms with van der Waals surface area (Å²) in [7, 11) is 0. The van der Waals surface area contributed by atoms with Gasteiger partial charge in [-0.25, -0.2) is 0 Å². The Bertz CT molecular complexity index is 1030. The molecule has 1 heterocycles. The molecule has 2 atom stereocenters. The van der Waals surface area contributed by atoms with Gasteiger partial charge in [0, 0.05) is 6.92 Å². The minimum atomic E-state index is -4.66. The maximum Gasteiger partial charge on any atom is 0.416 e. The van der Waals surface area contributed by atoms with Gasteiger partial charge in [-0.3, -0.25) is 10.8 Å². The van der Waals surface area contributed by atoms with Crippen molar-refractivity contribution in [3.8, 4) is 5.75 Å². The normalized spacial score (nSPS) is 24.0. The molecule has 1 aliphatic heterocycles. The topological polar surface area (TPSA) is 69.4 Å². The number of alkyl halides is 5. The Hall–Kier alpha value is -2.75. The maximum atomic E-state index is 14.2. The van der Waals surface area contributed by atoms with Crippen molar-refractivity contribution in [2.24, 2.45) is 0 Å². The molecule has 180 valence electrons. The zero-order valence-electron chi connectivity index (χ0n) is 18.7. The van der Waals surface area contributed by atoms with E-state index in [0.29, 0.717) is 30.4 Å². The average Bonchev–Trinajstić information content (AvgIpc) is 2.80. The number of hydrogen-bond donors (Lipinski definition) is 2. The highest BCUT2D eigenvalue weighted by atomic mass is 19.4. The van der Waals surface area contributed by atoms with Crippen LogP contribution >= 0.6 is 0 Å². The van der Waals surface area contributed by atoms with Crippen LogP contribution in [-0.4, -0.2) is 47.4 Å².